The van der Waals surface area contributed by atoms with E-state index in [1.54, 1.807) is 6.92 Å². The van der Waals surface area contributed by atoms with E-state index in [-0.39, 0.29) is 18.0 Å². The Bertz CT molecular complexity index is 356. The Morgan fingerprint density at radius 3 is 2.62 bits per heavy atom. The van der Waals surface area contributed by atoms with E-state index < -0.39 is 0 Å². The van der Waals surface area contributed by atoms with Crippen molar-refractivity contribution < 1.29 is 14.3 Å². The number of ether oxygens (including phenoxy) is 1. The van der Waals surface area contributed by atoms with E-state index in [0.717, 1.165) is 51.9 Å². The maximum atomic E-state index is 12.3. The number of nitrogens with zero attached hydrogens (tertiary/aromatic N) is 2. The lowest BCUT2D eigenvalue weighted by molar-refractivity contribution is -0.133. The third-order valence-corrected chi connectivity index (χ3v) is 4.17. The molecule has 1 atom stereocenters. The predicted molar refractivity (Wildman–Crippen MR) is 80.1 cm³/mol. The highest BCUT2D eigenvalue weighted by Gasteiger charge is 2.25. The molecule has 0 aromatic heterocycles. The molecule has 120 valence electrons. The van der Waals surface area contributed by atoms with Crippen LogP contribution in [-0.4, -0.2) is 67.2 Å². The van der Waals surface area contributed by atoms with Crippen LogP contribution in [0.25, 0.3) is 0 Å². The number of likely N-dealkylation sites (tertiary alicyclic amines) is 2. The summed E-state index contributed by atoms with van der Waals surface area (Å²) in [6, 6.07) is 0.0898. The van der Waals surface area contributed by atoms with Crippen molar-refractivity contribution in [2.75, 3.05) is 39.3 Å². The minimum Gasteiger partial charge on any atom is -0.450 e. The van der Waals surface area contributed by atoms with Gasteiger partial charge in [0, 0.05) is 25.7 Å². The maximum Gasteiger partial charge on any atom is 0.407 e. The molecule has 0 aromatic rings. The van der Waals surface area contributed by atoms with E-state index in [9.17, 15) is 9.59 Å². The predicted octanol–water partition coefficient (Wildman–Crippen LogP) is 1.21. The van der Waals surface area contributed by atoms with Gasteiger partial charge in [0.2, 0.25) is 5.91 Å². The van der Waals surface area contributed by atoms with Crippen LogP contribution >= 0.6 is 0 Å². The molecule has 2 rings (SSSR count). The molecule has 0 aliphatic carbocycles. The zero-order chi connectivity index (χ0) is 15.1. The van der Waals surface area contributed by atoms with Gasteiger partial charge in [-0.15, -0.1) is 0 Å². The lowest BCUT2D eigenvalue weighted by Gasteiger charge is -2.34. The molecule has 1 N–H and O–H groups in total. The maximum absolute atomic E-state index is 12.3. The van der Waals surface area contributed by atoms with Gasteiger partial charge < -0.3 is 15.0 Å². The summed E-state index contributed by atoms with van der Waals surface area (Å²) < 4.78 is 4.91. The van der Waals surface area contributed by atoms with E-state index in [1.807, 2.05) is 4.90 Å². The first-order valence-electron chi connectivity index (χ1n) is 8.12. The molecule has 0 spiro atoms. The molecule has 0 aromatic carbocycles. The number of nitrogens with one attached hydrogen (secondary N) is 1. The van der Waals surface area contributed by atoms with E-state index in [2.05, 4.69) is 10.2 Å². The van der Waals surface area contributed by atoms with Gasteiger partial charge in [0.1, 0.15) is 0 Å². The molecule has 1 unspecified atom stereocenters. The molecule has 6 nitrogen and oxygen atoms in total. The van der Waals surface area contributed by atoms with E-state index in [1.165, 1.54) is 6.42 Å². The SMILES string of the molecule is CCOC(=O)NC1CCCN(CC(=O)N2CCCCC2)C1. The second-order valence-corrected chi connectivity index (χ2v) is 5.88. The van der Waals surface area contributed by atoms with Crippen LogP contribution in [-0.2, 0) is 9.53 Å². The molecule has 2 fully saturated rings. The van der Waals surface area contributed by atoms with Crippen LogP contribution < -0.4 is 5.32 Å². The van der Waals surface area contributed by atoms with Crippen molar-refractivity contribution >= 4 is 12.0 Å². The number of rotatable bonds is 4. The van der Waals surface area contributed by atoms with Crippen molar-refractivity contribution in [3.63, 3.8) is 0 Å². The highest BCUT2D eigenvalue weighted by molar-refractivity contribution is 5.78. The van der Waals surface area contributed by atoms with Crippen LogP contribution in [0.1, 0.15) is 39.0 Å². The standard InChI is InChI=1S/C15H27N3O3/c1-2-21-15(20)16-13-7-6-8-17(11-13)12-14(19)18-9-4-3-5-10-18/h13H,2-12H2,1H3,(H,16,20). The number of carbonyl (C=O) groups excluding carboxylic acids is 2. The fourth-order valence-corrected chi connectivity index (χ4v) is 3.09. The van der Waals surface area contributed by atoms with Gasteiger partial charge >= 0.3 is 6.09 Å². The second kappa shape index (κ2) is 8.22. The normalized spacial score (nSPS) is 23.7. The lowest BCUT2D eigenvalue weighted by Crippen LogP contribution is -2.51. The highest BCUT2D eigenvalue weighted by Crippen LogP contribution is 2.13. The minimum absolute atomic E-state index is 0.0898. The molecule has 0 radical (unpaired) electrons. The fourth-order valence-electron chi connectivity index (χ4n) is 3.09. The molecular formula is C15H27N3O3. The van der Waals surface area contributed by atoms with Gasteiger partial charge in [-0.3, -0.25) is 9.69 Å². The molecule has 2 heterocycles. The molecule has 6 heteroatoms. The Hall–Kier alpha value is -1.30. The quantitative estimate of drug-likeness (QED) is 0.847. The summed E-state index contributed by atoms with van der Waals surface area (Å²) in [5.74, 6) is 0.228. The summed E-state index contributed by atoms with van der Waals surface area (Å²) in [6.45, 7) is 6.12. The third-order valence-electron chi connectivity index (χ3n) is 4.17. The van der Waals surface area contributed by atoms with Gasteiger partial charge in [-0.1, -0.05) is 0 Å². The van der Waals surface area contributed by atoms with Gasteiger partial charge in [0.25, 0.3) is 0 Å². The summed E-state index contributed by atoms with van der Waals surface area (Å²) >= 11 is 0. The van der Waals surface area contributed by atoms with Crippen molar-refractivity contribution in [3.05, 3.63) is 0 Å². The molecule has 2 saturated heterocycles. The molecule has 0 saturated carbocycles. The Morgan fingerprint density at radius 2 is 1.90 bits per heavy atom. The molecule has 2 aliphatic rings. The largest absolute Gasteiger partial charge is 0.450 e. The Kier molecular flexibility index (Phi) is 6.29. The Balaban J connectivity index is 1.75. The Labute approximate surface area is 126 Å². The molecule has 21 heavy (non-hydrogen) atoms. The minimum atomic E-state index is -0.355. The lowest BCUT2D eigenvalue weighted by atomic mass is 10.1. The molecule has 2 aliphatic heterocycles. The first-order valence-corrected chi connectivity index (χ1v) is 8.12. The van der Waals surface area contributed by atoms with Gasteiger partial charge in [-0.25, -0.2) is 4.79 Å². The fraction of sp³-hybridized carbons (Fsp3) is 0.867. The number of amides is 2. The molecule has 2 amide bonds. The molecule has 0 bridgehead atoms. The number of carbonyl (C=O) groups is 2. The van der Waals surface area contributed by atoms with Crippen LogP contribution in [0, 0.1) is 0 Å². The summed E-state index contributed by atoms with van der Waals surface area (Å²) in [5.41, 5.74) is 0. The van der Waals surface area contributed by atoms with Crippen molar-refractivity contribution in [1.82, 2.24) is 15.1 Å². The number of piperidine rings is 2. The highest BCUT2D eigenvalue weighted by atomic mass is 16.5. The average molecular weight is 297 g/mol. The van der Waals surface area contributed by atoms with Crippen LogP contribution in [0.15, 0.2) is 0 Å². The van der Waals surface area contributed by atoms with Crippen molar-refractivity contribution in [1.29, 1.82) is 0 Å². The summed E-state index contributed by atoms with van der Waals surface area (Å²) in [6.07, 6.45) is 5.08. The van der Waals surface area contributed by atoms with Gasteiger partial charge in [-0.2, -0.15) is 0 Å². The van der Waals surface area contributed by atoms with Crippen LogP contribution in [0.3, 0.4) is 0 Å². The van der Waals surface area contributed by atoms with Crippen molar-refractivity contribution in [2.24, 2.45) is 0 Å². The third kappa shape index (κ3) is 5.19. The van der Waals surface area contributed by atoms with Crippen molar-refractivity contribution in [2.45, 2.75) is 45.1 Å². The zero-order valence-electron chi connectivity index (χ0n) is 13.0. The number of alkyl carbamates (subject to hydrolysis) is 1. The summed E-state index contributed by atoms with van der Waals surface area (Å²) in [7, 11) is 0. The summed E-state index contributed by atoms with van der Waals surface area (Å²) in [5, 5.41) is 2.87. The average Bonchev–Trinajstić information content (AvgIpc) is 2.48. The molecular weight excluding hydrogens is 270 g/mol. The van der Waals surface area contributed by atoms with E-state index in [0.29, 0.717) is 13.2 Å². The van der Waals surface area contributed by atoms with E-state index in [4.69, 9.17) is 4.74 Å². The monoisotopic (exact) mass is 297 g/mol. The number of hydrogen-bond acceptors (Lipinski definition) is 4. The van der Waals surface area contributed by atoms with E-state index >= 15 is 0 Å². The second-order valence-electron chi connectivity index (χ2n) is 5.88. The van der Waals surface area contributed by atoms with Gasteiger partial charge in [0.15, 0.2) is 0 Å². The Morgan fingerprint density at radius 1 is 1.14 bits per heavy atom. The van der Waals surface area contributed by atoms with Crippen LogP contribution in [0.5, 0.6) is 0 Å². The smallest absolute Gasteiger partial charge is 0.407 e. The number of hydrogen-bond donors (Lipinski definition) is 1. The zero-order valence-corrected chi connectivity index (χ0v) is 13.0. The van der Waals surface area contributed by atoms with Crippen molar-refractivity contribution in [3.8, 4) is 0 Å². The van der Waals surface area contributed by atoms with Crippen LogP contribution in [0.2, 0.25) is 0 Å². The van der Waals surface area contributed by atoms with Crippen LogP contribution in [0.4, 0.5) is 4.79 Å². The van der Waals surface area contributed by atoms with Gasteiger partial charge in [-0.05, 0) is 45.6 Å². The van der Waals surface area contributed by atoms with Gasteiger partial charge in [0.05, 0.1) is 13.2 Å². The topological polar surface area (TPSA) is 61.9 Å². The summed E-state index contributed by atoms with van der Waals surface area (Å²) in [4.78, 5) is 27.9. The first kappa shape index (κ1) is 16.1. The first-order chi connectivity index (χ1) is 10.2.